The highest BCUT2D eigenvalue weighted by Crippen LogP contribution is 2.31. The zero-order chi connectivity index (χ0) is 23.6. The van der Waals surface area contributed by atoms with Crippen LogP contribution < -0.4 is 9.62 Å². The Morgan fingerprint density at radius 1 is 1.33 bits per heavy atom. The van der Waals surface area contributed by atoms with Crippen LogP contribution in [0.4, 0.5) is 5.69 Å². The number of anilines is 1. The van der Waals surface area contributed by atoms with Crippen LogP contribution in [0.2, 0.25) is 0 Å². The third-order valence-corrected chi connectivity index (χ3v) is 8.80. The van der Waals surface area contributed by atoms with Gasteiger partial charge in [0, 0.05) is 24.5 Å². The lowest BCUT2D eigenvalue weighted by molar-refractivity contribution is -0.115. The van der Waals surface area contributed by atoms with Gasteiger partial charge in [-0.2, -0.15) is 0 Å². The molecule has 2 aromatic rings. The fraction of sp³-hybridized carbons (Fsp3) is 0.409. The van der Waals surface area contributed by atoms with E-state index in [4.69, 9.17) is 0 Å². The van der Waals surface area contributed by atoms with Crippen molar-refractivity contribution in [3.63, 3.8) is 0 Å². The minimum absolute atomic E-state index is 0.159. The number of rotatable bonds is 6. The first-order valence-corrected chi connectivity index (χ1v) is 14.2. The Morgan fingerprint density at radius 3 is 2.82 bits per heavy atom. The Kier molecular flexibility index (Phi) is 7.22. The summed E-state index contributed by atoms with van der Waals surface area (Å²) in [5, 5.41) is 6.14. The summed E-state index contributed by atoms with van der Waals surface area (Å²) in [6.45, 7) is 2.93. The minimum Gasteiger partial charge on any atom is -0.306 e. The van der Waals surface area contributed by atoms with Gasteiger partial charge in [0.25, 0.3) is 5.91 Å². The number of aliphatic imine (C=N–C) groups is 1. The van der Waals surface area contributed by atoms with Crippen molar-refractivity contribution in [2.75, 3.05) is 44.3 Å². The average molecular weight is 506 g/mol. The highest BCUT2D eigenvalue weighted by atomic mass is 32.2. The number of benzene rings is 1. The van der Waals surface area contributed by atoms with Crippen LogP contribution in [0, 0.1) is 5.92 Å². The predicted molar refractivity (Wildman–Crippen MR) is 137 cm³/mol. The lowest BCUT2D eigenvalue weighted by Crippen LogP contribution is -2.31. The number of carbonyl (C=O) groups excluding carboxylic acids is 1. The standard InChI is InChI=1S/C22H27N5O3S3/c1-26-9-7-15(8-10-26)13-23-22-25-20(28)19(32-22)12-17-14-31-21(24-17)16-5-4-6-18(11-16)27(2)33(3,29)30/h4-6,11-12,14-15H,7-10,13H2,1-3H3,(H,23,25,28)/b19-12-. The second-order valence-corrected chi connectivity index (χ2v) is 12.2. The molecule has 4 rings (SSSR count). The molecule has 3 heterocycles. The SMILES string of the molecule is CN1CCC(CN=C2NC(=O)/C(=C/c3csc(-c4cccc(N(C)S(C)(=O)=O)c4)n3)S2)CC1. The van der Waals surface area contributed by atoms with Crippen molar-refractivity contribution in [3.8, 4) is 10.6 Å². The molecule has 0 spiro atoms. The maximum absolute atomic E-state index is 12.4. The Labute approximate surface area is 202 Å². The van der Waals surface area contributed by atoms with Crippen LogP contribution in [0.5, 0.6) is 0 Å². The molecule has 2 fully saturated rings. The van der Waals surface area contributed by atoms with Crippen molar-refractivity contribution in [3.05, 3.63) is 40.2 Å². The van der Waals surface area contributed by atoms with E-state index in [1.54, 1.807) is 24.3 Å². The van der Waals surface area contributed by atoms with Crippen LogP contribution in [-0.4, -0.2) is 69.4 Å². The number of sulfonamides is 1. The number of thioether (sulfide) groups is 1. The first kappa shape index (κ1) is 23.9. The summed E-state index contributed by atoms with van der Waals surface area (Å²) in [5.41, 5.74) is 2.08. The molecule has 2 saturated heterocycles. The largest absolute Gasteiger partial charge is 0.306 e. The number of nitrogens with one attached hydrogen (secondary N) is 1. The van der Waals surface area contributed by atoms with E-state index < -0.39 is 10.0 Å². The second kappa shape index (κ2) is 9.96. The predicted octanol–water partition coefficient (Wildman–Crippen LogP) is 3.11. The molecule has 2 aliphatic rings. The lowest BCUT2D eigenvalue weighted by Gasteiger charge is -2.27. The number of carbonyl (C=O) groups is 1. The summed E-state index contributed by atoms with van der Waals surface area (Å²) < 4.78 is 24.9. The highest BCUT2D eigenvalue weighted by Gasteiger charge is 2.25. The number of thiazole rings is 1. The summed E-state index contributed by atoms with van der Waals surface area (Å²) in [4.78, 5) is 24.6. The number of piperidine rings is 1. The van der Waals surface area contributed by atoms with Gasteiger partial charge in [-0.3, -0.25) is 14.1 Å². The summed E-state index contributed by atoms with van der Waals surface area (Å²) in [6, 6.07) is 7.23. The minimum atomic E-state index is -3.35. The van der Waals surface area contributed by atoms with E-state index in [9.17, 15) is 13.2 Å². The normalized spacial score (nSPS) is 20.5. The molecule has 0 bridgehead atoms. The number of amidine groups is 1. The van der Waals surface area contributed by atoms with Crippen LogP contribution in [-0.2, 0) is 14.8 Å². The van der Waals surface area contributed by atoms with Gasteiger partial charge < -0.3 is 10.2 Å². The molecule has 0 atom stereocenters. The van der Waals surface area contributed by atoms with E-state index in [0.29, 0.717) is 27.4 Å². The van der Waals surface area contributed by atoms with E-state index in [0.717, 1.165) is 43.0 Å². The molecule has 0 radical (unpaired) electrons. The number of aromatic nitrogens is 1. The first-order chi connectivity index (χ1) is 15.7. The molecule has 1 amide bonds. The highest BCUT2D eigenvalue weighted by molar-refractivity contribution is 8.18. The summed E-state index contributed by atoms with van der Waals surface area (Å²) in [5.74, 6) is 0.409. The quantitative estimate of drug-likeness (QED) is 0.606. The van der Waals surface area contributed by atoms with Gasteiger partial charge in [0.1, 0.15) is 5.01 Å². The van der Waals surface area contributed by atoms with Gasteiger partial charge in [0.2, 0.25) is 10.0 Å². The second-order valence-electron chi connectivity index (χ2n) is 8.32. The Bertz CT molecular complexity index is 1200. The van der Waals surface area contributed by atoms with Crippen LogP contribution in [0.15, 0.2) is 39.5 Å². The fourth-order valence-electron chi connectivity index (χ4n) is 3.60. The van der Waals surface area contributed by atoms with Crippen molar-refractivity contribution in [2.24, 2.45) is 10.9 Å². The van der Waals surface area contributed by atoms with E-state index in [1.807, 2.05) is 11.4 Å². The van der Waals surface area contributed by atoms with E-state index in [-0.39, 0.29) is 5.91 Å². The van der Waals surface area contributed by atoms with Crippen molar-refractivity contribution in [1.29, 1.82) is 0 Å². The zero-order valence-electron chi connectivity index (χ0n) is 18.8. The van der Waals surface area contributed by atoms with Gasteiger partial charge in [-0.1, -0.05) is 12.1 Å². The zero-order valence-corrected chi connectivity index (χ0v) is 21.3. The van der Waals surface area contributed by atoms with Crippen molar-refractivity contribution >= 4 is 56.0 Å². The van der Waals surface area contributed by atoms with E-state index in [1.165, 1.54) is 40.7 Å². The van der Waals surface area contributed by atoms with Gasteiger partial charge in [-0.25, -0.2) is 13.4 Å². The maximum atomic E-state index is 12.4. The van der Waals surface area contributed by atoms with Gasteiger partial charge >= 0.3 is 0 Å². The molecule has 1 aromatic heterocycles. The van der Waals surface area contributed by atoms with Gasteiger partial charge in [0.05, 0.1) is 22.5 Å². The molecule has 176 valence electrons. The molecule has 33 heavy (non-hydrogen) atoms. The van der Waals surface area contributed by atoms with Crippen LogP contribution >= 0.6 is 23.1 Å². The Balaban J connectivity index is 1.44. The molecule has 11 heteroatoms. The molecule has 0 saturated carbocycles. The molecular weight excluding hydrogens is 478 g/mol. The number of hydrogen-bond donors (Lipinski definition) is 1. The van der Waals surface area contributed by atoms with Crippen LogP contribution in [0.3, 0.4) is 0 Å². The smallest absolute Gasteiger partial charge is 0.264 e. The molecule has 1 N–H and O–H groups in total. The van der Waals surface area contributed by atoms with E-state index >= 15 is 0 Å². The van der Waals surface area contributed by atoms with Crippen molar-refractivity contribution in [1.82, 2.24) is 15.2 Å². The Morgan fingerprint density at radius 2 is 2.09 bits per heavy atom. The average Bonchev–Trinajstić information content (AvgIpc) is 3.39. The monoisotopic (exact) mass is 505 g/mol. The fourth-order valence-corrected chi connectivity index (χ4v) is 5.69. The molecule has 8 nitrogen and oxygen atoms in total. The van der Waals surface area contributed by atoms with Crippen molar-refractivity contribution in [2.45, 2.75) is 12.8 Å². The molecule has 2 aliphatic heterocycles. The maximum Gasteiger partial charge on any atom is 0.264 e. The Hall–Kier alpha value is -2.21. The molecule has 0 unspecified atom stereocenters. The topological polar surface area (TPSA) is 95.0 Å². The summed E-state index contributed by atoms with van der Waals surface area (Å²) in [6.07, 6.45) is 5.21. The number of likely N-dealkylation sites (tertiary alicyclic amines) is 1. The third-order valence-electron chi connectivity index (χ3n) is 5.74. The van der Waals surface area contributed by atoms with Gasteiger partial charge in [-0.15, -0.1) is 11.3 Å². The van der Waals surface area contributed by atoms with E-state index in [2.05, 4.69) is 27.2 Å². The van der Waals surface area contributed by atoms with Gasteiger partial charge in [-0.05, 0) is 68.9 Å². The van der Waals surface area contributed by atoms with Crippen LogP contribution in [0.25, 0.3) is 16.6 Å². The summed E-state index contributed by atoms with van der Waals surface area (Å²) >= 11 is 2.79. The van der Waals surface area contributed by atoms with Crippen molar-refractivity contribution < 1.29 is 13.2 Å². The van der Waals surface area contributed by atoms with Crippen LogP contribution in [0.1, 0.15) is 18.5 Å². The summed E-state index contributed by atoms with van der Waals surface area (Å²) in [7, 11) is 0.316. The molecular formula is C22H27N5O3S3. The van der Waals surface area contributed by atoms with Gasteiger partial charge in [0.15, 0.2) is 5.17 Å². The first-order valence-electron chi connectivity index (χ1n) is 10.6. The third kappa shape index (κ3) is 6.03. The number of amides is 1. The number of hydrogen-bond acceptors (Lipinski definition) is 8. The lowest BCUT2D eigenvalue weighted by atomic mass is 9.97. The molecule has 0 aliphatic carbocycles. The molecule has 1 aromatic carbocycles. The number of nitrogens with zero attached hydrogens (tertiary/aromatic N) is 4.